The van der Waals surface area contributed by atoms with Crippen LogP contribution in [0.3, 0.4) is 0 Å². The molecule has 0 bridgehead atoms. The lowest BCUT2D eigenvalue weighted by Gasteiger charge is -2.25. The first-order valence-corrected chi connectivity index (χ1v) is 5.55. The average Bonchev–Trinajstić information content (AvgIpc) is 2.22. The van der Waals surface area contributed by atoms with E-state index in [1.807, 2.05) is 19.0 Å². The van der Waals surface area contributed by atoms with Crippen LogP contribution in [0.4, 0.5) is 4.39 Å². The Morgan fingerprint density at radius 2 is 2.12 bits per heavy atom. The summed E-state index contributed by atoms with van der Waals surface area (Å²) in [5, 5.41) is 0. The molecule has 0 heterocycles. The number of rotatable bonds is 2. The van der Waals surface area contributed by atoms with Crippen LogP contribution in [0, 0.1) is 11.7 Å². The van der Waals surface area contributed by atoms with Crippen molar-refractivity contribution in [3.63, 3.8) is 0 Å². The van der Waals surface area contributed by atoms with Crippen molar-refractivity contribution in [1.82, 2.24) is 4.90 Å². The predicted molar refractivity (Wildman–Crippen MR) is 68.3 cm³/mol. The first-order valence-electron chi connectivity index (χ1n) is 5.55. The van der Waals surface area contributed by atoms with Gasteiger partial charge < -0.3 is 4.90 Å². The Labute approximate surface area is 107 Å². The van der Waals surface area contributed by atoms with Crippen molar-refractivity contribution in [2.45, 2.75) is 12.8 Å². The molecule has 1 aromatic rings. The molecule has 0 aliphatic heterocycles. The number of hydrogen-bond acceptors (Lipinski definition) is 2. The fourth-order valence-electron chi connectivity index (χ4n) is 2.29. The zero-order chi connectivity index (χ0) is 11.7. The zero-order valence-electron chi connectivity index (χ0n) is 10.1. The number of fused-ring (bicyclic) bond motifs is 1. The van der Waals surface area contributed by atoms with Crippen molar-refractivity contribution in [2.75, 3.05) is 20.6 Å². The van der Waals surface area contributed by atoms with E-state index in [0.29, 0.717) is 5.56 Å². The molecule has 1 aliphatic rings. The maximum absolute atomic E-state index is 13.1. The van der Waals surface area contributed by atoms with Gasteiger partial charge in [-0.15, -0.1) is 12.4 Å². The number of halogens is 2. The molecule has 0 spiro atoms. The van der Waals surface area contributed by atoms with Gasteiger partial charge in [-0.05, 0) is 44.6 Å². The maximum atomic E-state index is 13.1. The van der Waals surface area contributed by atoms with E-state index in [-0.39, 0.29) is 29.9 Å². The molecule has 2 nitrogen and oxygen atoms in total. The van der Waals surface area contributed by atoms with E-state index in [1.54, 1.807) is 6.07 Å². The third-order valence-electron chi connectivity index (χ3n) is 3.06. The lowest BCUT2D eigenvalue weighted by Crippen LogP contribution is -2.31. The van der Waals surface area contributed by atoms with Crippen LogP contribution in [0.15, 0.2) is 18.2 Å². The molecule has 0 saturated carbocycles. The van der Waals surface area contributed by atoms with E-state index in [1.165, 1.54) is 12.1 Å². The minimum atomic E-state index is -0.322. The molecule has 4 heteroatoms. The van der Waals surface area contributed by atoms with Gasteiger partial charge in [0.2, 0.25) is 0 Å². The van der Waals surface area contributed by atoms with Gasteiger partial charge in [0.25, 0.3) is 0 Å². The molecule has 0 radical (unpaired) electrons. The monoisotopic (exact) mass is 257 g/mol. The highest BCUT2D eigenvalue weighted by molar-refractivity contribution is 6.00. The second-order valence-corrected chi connectivity index (χ2v) is 4.66. The fraction of sp³-hybridized carbons (Fsp3) is 0.462. The molecule has 0 saturated heterocycles. The molecule has 0 aromatic heterocycles. The van der Waals surface area contributed by atoms with Crippen LogP contribution in [-0.2, 0) is 6.42 Å². The van der Waals surface area contributed by atoms with Crippen LogP contribution in [0.5, 0.6) is 0 Å². The number of hydrogen-bond donors (Lipinski definition) is 0. The highest BCUT2D eigenvalue weighted by atomic mass is 35.5. The standard InChI is InChI=1S/C13H16FNO.ClH/c1-15(2)8-10-4-3-9-5-6-11(14)7-12(9)13(10)16;/h5-7,10H,3-4,8H2,1-2H3;1H. The zero-order valence-corrected chi connectivity index (χ0v) is 10.9. The van der Waals surface area contributed by atoms with Crippen LogP contribution in [0.1, 0.15) is 22.3 Å². The second kappa shape index (κ2) is 5.61. The number of carbonyl (C=O) groups is 1. The van der Waals surface area contributed by atoms with Gasteiger partial charge in [-0.25, -0.2) is 4.39 Å². The van der Waals surface area contributed by atoms with Gasteiger partial charge in [0.1, 0.15) is 5.82 Å². The van der Waals surface area contributed by atoms with Gasteiger partial charge >= 0.3 is 0 Å². The van der Waals surface area contributed by atoms with Gasteiger partial charge in [0.15, 0.2) is 5.78 Å². The van der Waals surface area contributed by atoms with Crippen molar-refractivity contribution < 1.29 is 9.18 Å². The summed E-state index contributed by atoms with van der Waals surface area (Å²) in [6, 6.07) is 4.53. The summed E-state index contributed by atoms with van der Waals surface area (Å²) in [7, 11) is 3.91. The van der Waals surface area contributed by atoms with E-state index < -0.39 is 0 Å². The lowest BCUT2D eigenvalue weighted by atomic mass is 9.82. The Morgan fingerprint density at radius 3 is 2.76 bits per heavy atom. The topological polar surface area (TPSA) is 20.3 Å². The molecule has 1 atom stereocenters. The summed E-state index contributed by atoms with van der Waals surface area (Å²) in [4.78, 5) is 14.1. The highest BCUT2D eigenvalue weighted by Gasteiger charge is 2.27. The van der Waals surface area contributed by atoms with Gasteiger partial charge in [0.05, 0.1) is 0 Å². The average molecular weight is 258 g/mol. The first kappa shape index (κ1) is 14.1. The van der Waals surface area contributed by atoms with Crippen LogP contribution >= 0.6 is 12.4 Å². The van der Waals surface area contributed by atoms with Gasteiger partial charge in [-0.1, -0.05) is 6.07 Å². The van der Waals surface area contributed by atoms with Crippen molar-refractivity contribution >= 4 is 18.2 Å². The van der Waals surface area contributed by atoms with Gasteiger partial charge in [-0.2, -0.15) is 0 Å². The van der Waals surface area contributed by atoms with Crippen molar-refractivity contribution in [2.24, 2.45) is 5.92 Å². The van der Waals surface area contributed by atoms with E-state index in [4.69, 9.17) is 0 Å². The first-order chi connectivity index (χ1) is 7.58. The maximum Gasteiger partial charge on any atom is 0.167 e. The molecule has 2 rings (SSSR count). The van der Waals surface area contributed by atoms with Crippen molar-refractivity contribution in [3.05, 3.63) is 35.1 Å². The van der Waals surface area contributed by atoms with E-state index in [0.717, 1.165) is 24.9 Å². The molecule has 0 fully saturated rings. The number of carbonyl (C=O) groups excluding carboxylic acids is 1. The number of nitrogens with zero attached hydrogens (tertiary/aromatic N) is 1. The number of ketones is 1. The molecular weight excluding hydrogens is 241 g/mol. The predicted octanol–water partition coefficient (Wildman–Crippen LogP) is 2.55. The second-order valence-electron chi connectivity index (χ2n) is 4.66. The summed E-state index contributed by atoms with van der Waals surface area (Å²) >= 11 is 0. The number of Topliss-reactive ketones (excluding diaryl/α,β-unsaturated/α-hetero) is 1. The molecule has 1 aliphatic carbocycles. The Bertz CT molecular complexity index is 420. The van der Waals surface area contributed by atoms with Crippen LogP contribution in [-0.4, -0.2) is 31.3 Å². The Balaban J connectivity index is 0.00000144. The molecule has 1 aromatic carbocycles. The van der Waals surface area contributed by atoms with Crippen LogP contribution in [0.25, 0.3) is 0 Å². The minimum absolute atomic E-state index is 0. The third-order valence-corrected chi connectivity index (χ3v) is 3.06. The SMILES string of the molecule is CN(C)CC1CCc2ccc(F)cc2C1=O.Cl. The fourth-order valence-corrected chi connectivity index (χ4v) is 2.29. The van der Waals surface area contributed by atoms with Crippen LogP contribution in [0.2, 0.25) is 0 Å². The summed E-state index contributed by atoms with van der Waals surface area (Å²) in [6.45, 7) is 0.745. The minimum Gasteiger partial charge on any atom is -0.309 e. The number of benzene rings is 1. The summed E-state index contributed by atoms with van der Waals surface area (Å²) < 4.78 is 13.1. The Morgan fingerprint density at radius 1 is 1.41 bits per heavy atom. The normalized spacial score (nSPS) is 18.8. The molecule has 0 amide bonds. The lowest BCUT2D eigenvalue weighted by molar-refractivity contribution is 0.0877. The molecule has 0 N–H and O–H groups in total. The van der Waals surface area contributed by atoms with E-state index in [9.17, 15) is 9.18 Å². The van der Waals surface area contributed by atoms with E-state index in [2.05, 4.69) is 0 Å². The number of aryl methyl sites for hydroxylation is 1. The summed E-state index contributed by atoms with van der Waals surface area (Å²) in [5.74, 6) is -0.212. The van der Waals surface area contributed by atoms with Gasteiger partial charge in [0, 0.05) is 18.0 Å². The largest absolute Gasteiger partial charge is 0.309 e. The third kappa shape index (κ3) is 3.05. The summed E-state index contributed by atoms with van der Waals surface area (Å²) in [6.07, 6.45) is 1.75. The molecule has 94 valence electrons. The highest BCUT2D eigenvalue weighted by Crippen LogP contribution is 2.26. The molecule has 17 heavy (non-hydrogen) atoms. The summed E-state index contributed by atoms with van der Waals surface area (Å²) in [5.41, 5.74) is 1.57. The van der Waals surface area contributed by atoms with Gasteiger partial charge in [-0.3, -0.25) is 4.79 Å². The molecular formula is C13H17ClFNO. The molecule has 1 unspecified atom stereocenters. The Hall–Kier alpha value is -0.930. The Kier molecular flexibility index (Phi) is 4.66. The van der Waals surface area contributed by atoms with Crippen LogP contribution < -0.4 is 0 Å². The smallest absolute Gasteiger partial charge is 0.167 e. The van der Waals surface area contributed by atoms with Crippen molar-refractivity contribution in [3.8, 4) is 0 Å². The van der Waals surface area contributed by atoms with E-state index >= 15 is 0 Å². The van der Waals surface area contributed by atoms with Crippen molar-refractivity contribution in [1.29, 1.82) is 0 Å². The quantitative estimate of drug-likeness (QED) is 0.812.